The average molecular weight is 238 g/mol. The van der Waals surface area contributed by atoms with Gasteiger partial charge in [-0.15, -0.1) is 0 Å². The van der Waals surface area contributed by atoms with Crippen molar-refractivity contribution in [1.82, 2.24) is 0 Å². The van der Waals surface area contributed by atoms with E-state index < -0.39 is 5.79 Å². The van der Waals surface area contributed by atoms with Gasteiger partial charge in [0.2, 0.25) is 0 Å². The second-order valence-electron chi connectivity index (χ2n) is 4.62. The Morgan fingerprint density at radius 1 is 1.12 bits per heavy atom. The molecule has 0 radical (unpaired) electrons. The van der Waals surface area contributed by atoms with Gasteiger partial charge in [0.25, 0.3) is 0 Å². The minimum atomic E-state index is -0.628. The molecule has 0 aliphatic carbocycles. The van der Waals surface area contributed by atoms with Crippen LogP contribution in [0.15, 0.2) is 35.5 Å². The zero-order valence-corrected chi connectivity index (χ0v) is 12.0. The Balaban J connectivity index is 4.22. The third-order valence-electron chi connectivity index (χ3n) is 2.68. The van der Waals surface area contributed by atoms with E-state index in [-0.39, 0.29) is 0 Å². The Morgan fingerprint density at radius 2 is 1.71 bits per heavy atom. The van der Waals surface area contributed by atoms with E-state index in [4.69, 9.17) is 9.47 Å². The molecule has 0 rings (SSSR count). The molecule has 0 bridgehead atoms. The zero-order chi connectivity index (χ0) is 13.3. The van der Waals surface area contributed by atoms with Crippen LogP contribution >= 0.6 is 0 Å². The Morgan fingerprint density at radius 3 is 2.18 bits per heavy atom. The molecule has 2 nitrogen and oxygen atoms in total. The van der Waals surface area contributed by atoms with Gasteiger partial charge in [-0.25, -0.2) is 0 Å². The van der Waals surface area contributed by atoms with E-state index in [0.717, 1.165) is 12.8 Å². The van der Waals surface area contributed by atoms with Gasteiger partial charge in [-0.2, -0.15) is 0 Å². The first-order chi connectivity index (χ1) is 7.93. The SMILES string of the molecule is COC(C)(C=CC=C(C)CCC=C(C)C)OC. The van der Waals surface area contributed by atoms with Gasteiger partial charge in [0.05, 0.1) is 0 Å². The Bertz CT molecular complexity index is 290. The van der Waals surface area contributed by atoms with Gasteiger partial charge in [-0.05, 0) is 46.6 Å². The highest BCUT2D eigenvalue weighted by molar-refractivity contribution is 5.13. The van der Waals surface area contributed by atoms with E-state index in [2.05, 4.69) is 32.9 Å². The standard InChI is InChI=1S/C15H26O2/c1-13(2)9-7-10-14(3)11-8-12-15(4,16-5)17-6/h8-9,11-12H,7,10H2,1-6H3. The molecule has 17 heavy (non-hydrogen) atoms. The van der Waals surface area contributed by atoms with Gasteiger partial charge in [0.15, 0.2) is 5.79 Å². The van der Waals surface area contributed by atoms with Crippen molar-refractivity contribution in [3.8, 4) is 0 Å². The van der Waals surface area contributed by atoms with Crippen molar-refractivity contribution >= 4 is 0 Å². The van der Waals surface area contributed by atoms with Gasteiger partial charge in [0.1, 0.15) is 0 Å². The molecule has 0 saturated heterocycles. The molecule has 98 valence electrons. The van der Waals surface area contributed by atoms with Crippen LogP contribution in [0, 0.1) is 0 Å². The summed E-state index contributed by atoms with van der Waals surface area (Å²) in [6, 6.07) is 0. The molecular weight excluding hydrogens is 212 g/mol. The minimum absolute atomic E-state index is 0.628. The van der Waals surface area contributed by atoms with Crippen LogP contribution in [0.1, 0.15) is 40.5 Å². The van der Waals surface area contributed by atoms with Gasteiger partial charge in [-0.3, -0.25) is 0 Å². The molecular formula is C15H26O2. The summed E-state index contributed by atoms with van der Waals surface area (Å²) < 4.78 is 10.5. The second-order valence-corrected chi connectivity index (χ2v) is 4.62. The van der Waals surface area contributed by atoms with Crippen molar-refractivity contribution in [1.29, 1.82) is 0 Å². The van der Waals surface area contributed by atoms with Crippen molar-refractivity contribution in [3.05, 3.63) is 35.5 Å². The van der Waals surface area contributed by atoms with Crippen LogP contribution in [0.5, 0.6) is 0 Å². The van der Waals surface area contributed by atoms with E-state index in [0.29, 0.717) is 0 Å². The van der Waals surface area contributed by atoms with Crippen LogP contribution in [0.4, 0.5) is 0 Å². The largest absolute Gasteiger partial charge is 0.350 e. The average Bonchev–Trinajstić information content (AvgIpc) is 2.28. The molecule has 0 spiro atoms. The molecule has 2 heteroatoms. The summed E-state index contributed by atoms with van der Waals surface area (Å²) in [7, 11) is 3.28. The lowest BCUT2D eigenvalue weighted by Gasteiger charge is -2.21. The third-order valence-corrected chi connectivity index (χ3v) is 2.68. The maximum Gasteiger partial charge on any atom is 0.184 e. The van der Waals surface area contributed by atoms with Crippen LogP contribution in [-0.2, 0) is 9.47 Å². The first kappa shape index (κ1) is 16.1. The number of rotatable bonds is 7. The highest BCUT2D eigenvalue weighted by Gasteiger charge is 2.16. The molecule has 0 unspecified atom stereocenters. The van der Waals surface area contributed by atoms with Gasteiger partial charge >= 0.3 is 0 Å². The predicted molar refractivity (Wildman–Crippen MR) is 74.0 cm³/mol. The van der Waals surface area contributed by atoms with Crippen LogP contribution in [0.2, 0.25) is 0 Å². The van der Waals surface area contributed by atoms with Gasteiger partial charge in [-0.1, -0.05) is 29.4 Å². The van der Waals surface area contributed by atoms with E-state index in [9.17, 15) is 0 Å². The number of hydrogen-bond acceptors (Lipinski definition) is 2. The van der Waals surface area contributed by atoms with Crippen molar-refractivity contribution in [3.63, 3.8) is 0 Å². The molecule has 0 atom stereocenters. The van der Waals surface area contributed by atoms with Crippen molar-refractivity contribution in [2.75, 3.05) is 14.2 Å². The molecule has 0 aromatic rings. The summed E-state index contributed by atoms with van der Waals surface area (Å²) in [6.45, 7) is 8.28. The normalized spacial score (nSPS) is 13.2. The number of hydrogen-bond donors (Lipinski definition) is 0. The smallest absolute Gasteiger partial charge is 0.184 e. The van der Waals surface area contributed by atoms with Crippen LogP contribution in [0.3, 0.4) is 0 Å². The topological polar surface area (TPSA) is 18.5 Å². The zero-order valence-electron chi connectivity index (χ0n) is 12.0. The van der Waals surface area contributed by atoms with E-state index in [1.807, 2.05) is 19.1 Å². The predicted octanol–water partition coefficient (Wildman–Crippen LogP) is 4.24. The third kappa shape index (κ3) is 7.94. The number of methoxy groups -OCH3 is 2. The molecule has 0 fully saturated rings. The highest BCUT2D eigenvalue weighted by Crippen LogP contribution is 2.12. The van der Waals surface area contributed by atoms with E-state index in [1.54, 1.807) is 14.2 Å². The lowest BCUT2D eigenvalue weighted by atomic mass is 10.1. The van der Waals surface area contributed by atoms with Crippen molar-refractivity contribution in [2.45, 2.75) is 46.3 Å². The van der Waals surface area contributed by atoms with Crippen molar-refractivity contribution < 1.29 is 9.47 Å². The summed E-state index contributed by atoms with van der Waals surface area (Å²) in [4.78, 5) is 0. The second kappa shape index (κ2) is 8.26. The van der Waals surface area contributed by atoms with Gasteiger partial charge in [0, 0.05) is 14.2 Å². The first-order valence-electron chi connectivity index (χ1n) is 6.02. The quantitative estimate of drug-likeness (QED) is 0.375. The molecule has 0 heterocycles. The van der Waals surface area contributed by atoms with Gasteiger partial charge < -0.3 is 9.47 Å². The summed E-state index contributed by atoms with van der Waals surface area (Å²) in [5, 5.41) is 0. The Labute approximate surface area is 106 Å². The summed E-state index contributed by atoms with van der Waals surface area (Å²) >= 11 is 0. The molecule has 0 amide bonds. The lowest BCUT2D eigenvalue weighted by molar-refractivity contribution is -0.155. The maximum atomic E-state index is 5.23. The molecule has 0 aliphatic heterocycles. The fourth-order valence-electron chi connectivity index (χ4n) is 1.28. The van der Waals surface area contributed by atoms with Crippen LogP contribution < -0.4 is 0 Å². The molecule has 0 saturated carbocycles. The molecule has 0 aromatic carbocycles. The maximum absolute atomic E-state index is 5.23. The lowest BCUT2D eigenvalue weighted by Crippen LogP contribution is -2.26. The summed E-state index contributed by atoms with van der Waals surface area (Å²) in [6.07, 6.45) is 10.5. The molecule has 0 aliphatic rings. The Hall–Kier alpha value is -0.860. The first-order valence-corrected chi connectivity index (χ1v) is 6.02. The molecule has 0 N–H and O–H groups in total. The fraction of sp³-hybridized carbons (Fsp3) is 0.600. The van der Waals surface area contributed by atoms with E-state index >= 15 is 0 Å². The highest BCUT2D eigenvalue weighted by atomic mass is 16.7. The molecule has 0 aromatic heterocycles. The number of allylic oxidation sites excluding steroid dienone is 5. The minimum Gasteiger partial charge on any atom is -0.350 e. The number of ether oxygens (including phenoxy) is 2. The summed E-state index contributed by atoms with van der Waals surface area (Å²) in [5.41, 5.74) is 2.73. The van der Waals surface area contributed by atoms with E-state index in [1.165, 1.54) is 11.1 Å². The fourth-order valence-corrected chi connectivity index (χ4v) is 1.28. The Kier molecular flexibility index (Phi) is 7.85. The summed E-state index contributed by atoms with van der Waals surface area (Å²) in [5.74, 6) is -0.628. The van der Waals surface area contributed by atoms with Crippen molar-refractivity contribution in [2.24, 2.45) is 0 Å². The van der Waals surface area contributed by atoms with Crippen LogP contribution in [-0.4, -0.2) is 20.0 Å². The van der Waals surface area contributed by atoms with Crippen LogP contribution in [0.25, 0.3) is 0 Å². The monoisotopic (exact) mass is 238 g/mol.